The van der Waals surface area contributed by atoms with Crippen molar-refractivity contribution in [1.82, 2.24) is 5.32 Å². The van der Waals surface area contributed by atoms with E-state index in [0.717, 1.165) is 12.0 Å². The van der Waals surface area contributed by atoms with Crippen LogP contribution in [0.1, 0.15) is 24.5 Å². The molecule has 1 N–H and O–H groups in total. The number of nitrogens with one attached hydrogen (secondary N) is 1. The first-order chi connectivity index (χ1) is 13.1. The summed E-state index contributed by atoms with van der Waals surface area (Å²) in [5.74, 6) is 0.156. The van der Waals surface area contributed by atoms with E-state index in [1.807, 2.05) is 56.3 Å². The minimum absolute atomic E-state index is 0.181. The summed E-state index contributed by atoms with van der Waals surface area (Å²) < 4.78 is 5.82. The smallest absolute Gasteiger partial charge is 0.262 e. The fourth-order valence-electron chi connectivity index (χ4n) is 2.88. The van der Waals surface area contributed by atoms with Gasteiger partial charge in [0.15, 0.2) is 6.10 Å². The highest BCUT2D eigenvalue weighted by Gasteiger charge is 2.32. The molecule has 0 spiro atoms. The molecule has 5 nitrogen and oxygen atoms in total. The third kappa shape index (κ3) is 4.56. The van der Waals surface area contributed by atoms with Crippen LogP contribution in [-0.4, -0.2) is 31.0 Å². The maximum absolute atomic E-state index is 12.8. The molecule has 0 unspecified atom stereocenters. The molecule has 2 amide bonds. The number of hydrogen-bond acceptors (Lipinski definition) is 3. The van der Waals surface area contributed by atoms with Crippen molar-refractivity contribution in [2.75, 3.05) is 18.0 Å². The number of benzene rings is 2. The van der Waals surface area contributed by atoms with E-state index >= 15 is 0 Å². The number of ether oxygens (including phenoxy) is 1. The quantitative estimate of drug-likeness (QED) is 0.828. The van der Waals surface area contributed by atoms with Crippen molar-refractivity contribution in [3.63, 3.8) is 0 Å². The lowest BCUT2D eigenvalue weighted by atomic mass is 10.1. The van der Waals surface area contributed by atoms with E-state index in [2.05, 4.69) is 5.32 Å². The van der Waals surface area contributed by atoms with E-state index in [1.165, 1.54) is 11.6 Å². The number of hydrogen-bond donors (Lipinski definition) is 1. The summed E-state index contributed by atoms with van der Waals surface area (Å²) in [5, 5.41) is 2.84. The molecule has 0 saturated carbocycles. The van der Waals surface area contributed by atoms with Crippen molar-refractivity contribution in [2.24, 2.45) is 0 Å². The molecule has 140 valence electrons. The van der Waals surface area contributed by atoms with Crippen LogP contribution in [0.2, 0.25) is 0 Å². The number of anilines is 1. The van der Waals surface area contributed by atoms with Gasteiger partial charge in [0.1, 0.15) is 5.75 Å². The molecule has 0 radical (unpaired) electrons. The summed E-state index contributed by atoms with van der Waals surface area (Å²) in [7, 11) is 0. The zero-order valence-electron chi connectivity index (χ0n) is 15.6. The third-order valence-corrected chi connectivity index (χ3v) is 4.38. The van der Waals surface area contributed by atoms with Gasteiger partial charge in [-0.1, -0.05) is 48.9 Å². The van der Waals surface area contributed by atoms with Gasteiger partial charge >= 0.3 is 0 Å². The highest BCUT2D eigenvalue weighted by molar-refractivity contribution is 6.05. The Bertz CT molecular complexity index is 843. The van der Waals surface area contributed by atoms with E-state index in [4.69, 9.17) is 4.74 Å². The molecule has 1 atom stereocenters. The molecule has 2 aromatic rings. The number of amides is 2. The summed E-state index contributed by atoms with van der Waals surface area (Å²) >= 11 is 0. The van der Waals surface area contributed by atoms with Crippen molar-refractivity contribution in [3.05, 3.63) is 65.7 Å². The average molecular weight is 364 g/mol. The van der Waals surface area contributed by atoms with Crippen molar-refractivity contribution in [1.29, 1.82) is 0 Å². The third-order valence-electron chi connectivity index (χ3n) is 4.38. The number of para-hydroxylation sites is 2. The maximum atomic E-state index is 12.8. The molecule has 2 aromatic carbocycles. The second-order valence-corrected chi connectivity index (χ2v) is 6.56. The van der Waals surface area contributed by atoms with Crippen molar-refractivity contribution in [3.8, 4) is 5.75 Å². The molecule has 0 aliphatic carbocycles. The second-order valence-electron chi connectivity index (χ2n) is 6.56. The molecule has 27 heavy (non-hydrogen) atoms. The Labute approximate surface area is 159 Å². The molecule has 1 heterocycles. The van der Waals surface area contributed by atoms with Gasteiger partial charge in [-0.25, -0.2) is 0 Å². The van der Waals surface area contributed by atoms with Crippen LogP contribution in [0.25, 0.3) is 6.08 Å². The van der Waals surface area contributed by atoms with Crippen LogP contribution in [0.3, 0.4) is 0 Å². The van der Waals surface area contributed by atoms with Crippen LogP contribution < -0.4 is 15.0 Å². The Hall–Kier alpha value is -3.08. The van der Waals surface area contributed by atoms with Gasteiger partial charge in [-0.15, -0.1) is 0 Å². The Balaban J connectivity index is 1.80. The predicted molar refractivity (Wildman–Crippen MR) is 107 cm³/mol. The van der Waals surface area contributed by atoms with Crippen LogP contribution in [0, 0.1) is 6.92 Å². The second kappa shape index (κ2) is 8.54. The van der Waals surface area contributed by atoms with Gasteiger partial charge in [0.2, 0.25) is 0 Å². The van der Waals surface area contributed by atoms with Gasteiger partial charge in [-0.3, -0.25) is 9.59 Å². The first-order valence-electron chi connectivity index (χ1n) is 9.18. The minimum atomic E-state index is -0.719. The Morgan fingerprint density at radius 1 is 1.19 bits per heavy atom. The first-order valence-corrected chi connectivity index (χ1v) is 9.18. The normalized spacial score (nSPS) is 15.9. The number of aryl methyl sites for hydroxylation is 1. The Kier molecular flexibility index (Phi) is 5.91. The topological polar surface area (TPSA) is 58.6 Å². The predicted octanol–water partition coefficient (Wildman–Crippen LogP) is 3.33. The minimum Gasteiger partial charge on any atom is -0.477 e. The lowest BCUT2D eigenvalue weighted by molar-refractivity contribution is -0.128. The van der Waals surface area contributed by atoms with Gasteiger partial charge in [0.05, 0.1) is 12.2 Å². The molecule has 0 bridgehead atoms. The van der Waals surface area contributed by atoms with E-state index in [1.54, 1.807) is 17.0 Å². The Morgan fingerprint density at radius 2 is 1.93 bits per heavy atom. The van der Waals surface area contributed by atoms with Crippen molar-refractivity contribution < 1.29 is 14.3 Å². The summed E-state index contributed by atoms with van der Waals surface area (Å²) in [4.78, 5) is 26.8. The van der Waals surface area contributed by atoms with Crippen LogP contribution in [0.4, 0.5) is 5.69 Å². The molecule has 1 aliphatic rings. The molecule has 0 fully saturated rings. The van der Waals surface area contributed by atoms with Crippen molar-refractivity contribution >= 4 is 23.6 Å². The fourth-order valence-corrected chi connectivity index (χ4v) is 2.88. The molecule has 5 heteroatoms. The van der Waals surface area contributed by atoms with Gasteiger partial charge in [-0.05, 0) is 37.1 Å². The summed E-state index contributed by atoms with van der Waals surface area (Å²) in [5.41, 5.74) is 2.80. The zero-order valence-corrected chi connectivity index (χ0v) is 15.6. The molecular weight excluding hydrogens is 340 g/mol. The van der Waals surface area contributed by atoms with Gasteiger partial charge in [-0.2, -0.15) is 0 Å². The van der Waals surface area contributed by atoms with Gasteiger partial charge in [0, 0.05) is 12.6 Å². The number of carbonyl (C=O) groups is 2. The van der Waals surface area contributed by atoms with E-state index in [-0.39, 0.29) is 18.4 Å². The lowest BCUT2D eigenvalue weighted by Crippen LogP contribution is -2.50. The molecule has 1 aliphatic heterocycles. The molecule has 3 rings (SSSR count). The SMILES string of the molecule is CCCNC(=O)[C@H]1CN(C(=O)/C=C/c2ccc(C)cc2)c2ccccc2O1. The zero-order chi connectivity index (χ0) is 19.2. The number of carbonyl (C=O) groups excluding carboxylic acids is 2. The molecule has 0 saturated heterocycles. The van der Waals surface area contributed by atoms with E-state index in [9.17, 15) is 9.59 Å². The number of nitrogens with zero attached hydrogens (tertiary/aromatic N) is 1. The standard InChI is InChI=1S/C22H24N2O3/c1-3-14-23-22(26)20-15-24(18-6-4-5-7-19(18)27-20)21(25)13-12-17-10-8-16(2)9-11-17/h4-13,20H,3,14-15H2,1-2H3,(H,23,26)/b13-12+/t20-/m1/s1. The number of rotatable bonds is 5. The summed E-state index contributed by atoms with van der Waals surface area (Å²) in [6, 6.07) is 15.2. The van der Waals surface area contributed by atoms with Gasteiger partial charge < -0.3 is 15.0 Å². The van der Waals surface area contributed by atoms with Gasteiger partial charge in [0.25, 0.3) is 11.8 Å². The van der Waals surface area contributed by atoms with Crippen LogP contribution >= 0.6 is 0 Å². The largest absolute Gasteiger partial charge is 0.477 e. The summed E-state index contributed by atoms with van der Waals surface area (Å²) in [6.07, 6.45) is 3.44. The van der Waals surface area contributed by atoms with E-state index in [0.29, 0.717) is 18.0 Å². The van der Waals surface area contributed by atoms with Crippen LogP contribution in [-0.2, 0) is 9.59 Å². The fraction of sp³-hybridized carbons (Fsp3) is 0.273. The lowest BCUT2D eigenvalue weighted by Gasteiger charge is -2.33. The molecule has 0 aromatic heterocycles. The molecular formula is C22H24N2O3. The van der Waals surface area contributed by atoms with Crippen LogP contribution in [0.15, 0.2) is 54.6 Å². The highest BCUT2D eigenvalue weighted by atomic mass is 16.5. The number of fused-ring (bicyclic) bond motifs is 1. The first kappa shape index (κ1) is 18.7. The van der Waals surface area contributed by atoms with Crippen molar-refractivity contribution in [2.45, 2.75) is 26.4 Å². The monoisotopic (exact) mass is 364 g/mol. The Morgan fingerprint density at radius 3 is 2.67 bits per heavy atom. The highest BCUT2D eigenvalue weighted by Crippen LogP contribution is 2.33. The summed E-state index contributed by atoms with van der Waals surface area (Å²) in [6.45, 7) is 4.78. The maximum Gasteiger partial charge on any atom is 0.262 e. The van der Waals surface area contributed by atoms with E-state index < -0.39 is 6.10 Å². The average Bonchev–Trinajstić information content (AvgIpc) is 2.70. The van der Waals surface area contributed by atoms with Crippen LogP contribution in [0.5, 0.6) is 5.75 Å².